The molecule has 0 aromatic rings. The molecule has 0 aromatic heterocycles. The zero-order chi connectivity index (χ0) is 9.64. The van der Waals surface area contributed by atoms with Crippen LogP contribution in [-0.4, -0.2) is 5.78 Å². The van der Waals surface area contributed by atoms with Crippen LogP contribution in [0.2, 0.25) is 0 Å². The van der Waals surface area contributed by atoms with Gasteiger partial charge in [-0.05, 0) is 52.4 Å². The summed E-state index contributed by atoms with van der Waals surface area (Å²) in [5.41, 5.74) is 1.33. The van der Waals surface area contributed by atoms with E-state index in [4.69, 9.17) is 0 Å². The van der Waals surface area contributed by atoms with Crippen LogP contribution in [0, 0.1) is 11.3 Å². The van der Waals surface area contributed by atoms with Gasteiger partial charge in [0, 0.05) is 11.3 Å². The molecule has 0 radical (unpaired) electrons. The molecule has 13 heavy (non-hydrogen) atoms. The molecule has 0 aromatic carbocycles. The van der Waals surface area contributed by atoms with Gasteiger partial charge in [0.25, 0.3) is 0 Å². The average Bonchev–Trinajstić information content (AvgIpc) is 2.06. The van der Waals surface area contributed by atoms with E-state index in [-0.39, 0.29) is 11.3 Å². The Bertz CT molecular complexity index is 292. The fraction of sp³-hybridized carbons (Fsp3) is 0.727. The standard InChI is InChI=1S/C11H15IO/c1-7-8-4-3-5-11(2,10(8)13)6-9(7)12/h8H,3-6H2,1-2H3. The molecule has 1 saturated carbocycles. The average molecular weight is 290 g/mol. The number of ketones is 1. The van der Waals surface area contributed by atoms with Gasteiger partial charge in [0.2, 0.25) is 0 Å². The van der Waals surface area contributed by atoms with Gasteiger partial charge < -0.3 is 0 Å². The summed E-state index contributed by atoms with van der Waals surface area (Å²) in [5, 5.41) is 0. The first-order chi connectivity index (χ1) is 6.04. The van der Waals surface area contributed by atoms with Gasteiger partial charge in [-0.1, -0.05) is 18.9 Å². The Morgan fingerprint density at radius 1 is 1.54 bits per heavy atom. The summed E-state index contributed by atoms with van der Waals surface area (Å²) in [7, 11) is 0. The number of allylic oxidation sites excluding steroid dienone is 2. The van der Waals surface area contributed by atoms with Gasteiger partial charge in [-0.2, -0.15) is 0 Å². The second-order valence-corrected chi connectivity index (χ2v) is 5.94. The maximum atomic E-state index is 12.0. The molecule has 2 bridgehead atoms. The minimum absolute atomic E-state index is 0.0149. The molecule has 2 aliphatic carbocycles. The van der Waals surface area contributed by atoms with E-state index in [0.717, 1.165) is 19.3 Å². The molecule has 1 nitrogen and oxygen atoms in total. The van der Waals surface area contributed by atoms with Crippen LogP contribution in [-0.2, 0) is 4.79 Å². The van der Waals surface area contributed by atoms with Crippen molar-refractivity contribution >= 4 is 28.4 Å². The van der Waals surface area contributed by atoms with Gasteiger partial charge in [0.15, 0.2) is 0 Å². The van der Waals surface area contributed by atoms with Gasteiger partial charge in [-0.25, -0.2) is 0 Å². The number of rotatable bonds is 0. The third kappa shape index (κ3) is 1.37. The van der Waals surface area contributed by atoms with Crippen molar-refractivity contribution in [3.8, 4) is 0 Å². The molecule has 0 N–H and O–H groups in total. The number of hydrogen-bond acceptors (Lipinski definition) is 1. The smallest absolute Gasteiger partial charge is 0.146 e. The Kier molecular flexibility index (Phi) is 2.29. The molecule has 1 fully saturated rings. The SMILES string of the molecule is CC1=C(I)CC2(C)CCCC1C2=O. The number of carbonyl (C=O) groups excluding carboxylic acids is 1. The molecule has 2 aliphatic rings. The van der Waals surface area contributed by atoms with E-state index in [1.807, 2.05) is 0 Å². The molecule has 72 valence electrons. The van der Waals surface area contributed by atoms with E-state index in [1.165, 1.54) is 15.6 Å². The summed E-state index contributed by atoms with van der Waals surface area (Å²) in [6.45, 7) is 4.28. The molecule has 2 atom stereocenters. The monoisotopic (exact) mass is 290 g/mol. The highest BCUT2D eigenvalue weighted by Gasteiger charge is 2.45. The Balaban J connectivity index is 2.45. The van der Waals surface area contributed by atoms with Crippen molar-refractivity contribution in [3.63, 3.8) is 0 Å². The van der Waals surface area contributed by atoms with Crippen molar-refractivity contribution < 1.29 is 4.79 Å². The van der Waals surface area contributed by atoms with Crippen LogP contribution in [0.1, 0.15) is 39.5 Å². The Hall–Kier alpha value is 0.140. The second kappa shape index (κ2) is 3.07. The number of Topliss-reactive ketones (excluding diaryl/α,β-unsaturated/α-hetero) is 1. The van der Waals surface area contributed by atoms with Gasteiger partial charge in [-0.3, -0.25) is 4.79 Å². The lowest BCUT2D eigenvalue weighted by atomic mass is 9.63. The molecule has 2 rings (SSSR count). The third-order valence-corrected chi connectivity index (χ3v) is 4.86. The van der Waals surface area contributed by atoms with Crippen LogP contribution in [0.25, 0.3) is 0 Å². The first kappa shape index (κ1) is 9.69. The summed E-state index contributed by atoms with van der Waals surface area (Å²) in [6, 6.07) is 0. The minimum Gasteiger partial charge on any atom is -0.298 e. The maximum Gasteiger partial charge on any atom is 0.146 e. The number of carbonyl (C=O) groups is 1. The molecule has 0 aliphatic heterocycles. The van der Waals surface area contributed by atoms with Crippen LogP contribution in [0.3, 0.4) is 0 Å². The molecule has 2 unspecified atom stereocenters. The van der Waals surface area contributed by atoms with Crippen LogP contribution in [0.15, 0.2) is 9.15 Å². The Morgan fingerprint density at radius 3 is 2.92 bits per heavy atom. The summed E-state index contributed by atoms with van der Waals surface area (Å²) in [4.78, 5) is 12.0. The number of fused-ring (bicyclic) bond motifs is 2. The zero-order valence-corrected chi connectivity index (χ0v) is 10.3. The van der Waals surface area contributed by atoms with E-state index < -0.39 is 0 Å². The molecule has 0 saturated heterocycles. The summed E-state index contributed by atoms with van der Waals surface area (Å²) < 4.78 is 1.43. The highest BCUT2D eigenvalue weighted by Crippen LogP contribution is 2.49. The number of hydrogen-bond donors (Lipinski definition) is 0. The first-order valence-corrected chi connectivity index (χ1v) is 6.02. The minimum atomic E-state index is -0.0149. The third-order valence-electron chi connectivity index (χ3n) is 3.63. The fourth-order valence-corrected chi connectivity index (χ4v) is 3.85. The molecule has 0 spiro atoms. The van der Waals surface area contributed by atoms with Crippen molar-refractivity contribution in [3.05, 3.63) is 9.15 Å². The van der Waals surface area contributed by atoms with Crippen LogP contribution in [0.4, 0.5) is 0 Å². The maximum absolute atomic E-state index is 12.0. The molecule has 2 heteroatoms. The number of halogens is 1. The summed E-state index contributed by atoms with van der Waals surface area (Å²) >= 11 is 2.42. The van der Waals surface area contributed by atoms with Crippen molar-refractivity contribution in [1.29, 1.82) is 0 Å². The summed E-state index contributed by atoms with van der Waals surface area (Å²) in [6.07, 6.45) is 4.41. The van der Waals surface area contributed by atoms with Crippen LogP contribution in [0.5, 0.6) is 0 Å². The van der Waals surface area contributed by atoms with E-state index in [0.29, 0.717) is 5.78 Å². The predicted molar refractivity (Wildman–Crippen MR) is 61.8 cm³/mol. The fourth-order valence-electron chi connectivity index (χ4n) is 2.63. The molecular formula is C11H15IO. The first-order valence-electron chi connectivity index (χ1n) is 4.94. The molecule has 0 heterocycles. The quantitative estimate of drug-likeness (QED) is 0.624. The van der Waals surface area contributed by atoms with E-state index in [2.05, 4.69) is 36.4 Å². The van der Waals surface area contributed by atoms with E-state index in [9.17, 15) is 4.79 Å². The Labute approximate surface area is 93.1 Å². The highest BCUT2D eigenvalue weighted by atomic mass is 127. The molecule has 0 amide bonds. The van der Waals surface area contributed by atoms with Gasteiger partial charge >= 0.3 is 0 Å². The predicted octanol–water partition coefficient (Wildman–Crippen LogP) is 3.47. The lowest BCUT2D eigenvalue weighted by Gasteiger charge is -2.41. The lowest BCUT2D eigenvalue weighted by Crippen LogP contribution is -2.41. The lowest BCUT2D eigenvalue weighted by molar-refractivity contribution is -0.134. The van der Waals surface area contributed by atoms with Crippen LogP contribution >= 0.6 is 22.6 Å². The van der Waals surface area contributed by atoms with Crippen molar-refractivity contribution in [2.24, 2.45) is 11.3 Å². The summed E-state index contributed by atoms with van der Waals surface area (Å²) in [5.74, 6) is 0.774. The normalized spacial score (nSPS) is 39.6. The largest absolute Gasteiger partial charge is 0.298 e. The topological polar surface area (TPSA) is 17.1 Å². The van der Waals surface area contributed by atoms with Crippen molar-refractivity contribution in [1.82, 2.24) is 0 Å². The van der Waals surface area contributed by atoms with E-state index >= 15 is 0 Å². The second-order valence-electron chi connectivity index (χ2n) is 4.63. The van der Waals surface area contributed by atoms with Gasteiger partial charge in [-0.15, -0.1) is 0 Å². The van der Waals surface area contributed by atoms with Crippen LogP contribution < -0.4 is 0 Å². The van der Waals surface area contributed by atoms with Gasteiger partial charge in [0.05, 0.1) is 0 Å². The van der Waals surface area contributed by atoms with Gasteiger partial charge in [0.1, 0.15) is 5.78 Å². The van der Waals surface area contributed by atoms with E-state index in [1.54, 1.807) is 0 Å². The Morgan fingerprint density at radius 2 is 2.23 bits per heavy atom. The van der Waals surface area contributed by atoms with Crippen molar-refractivity contribution in [2.75, 3.05) is 0 Å². The highest BCUT2D eigenvalue weighted by molar-refractivity contribution is 14.1. The zero-order valence-electron chi connectivity index (χ0n) is 8.19. The van der Waals surface area contributed by atoms with Crippen molar-refractivity contribution in [2.45, 2.75) is 39.5 Å². The molecular weight excluding hydrogens is 275 g/mol.